The lowest BCUT2D eigenvalue weighted by atomic mass is 10.2. The number of aromatic nitrogens is 1. The van der Waals surface area contributed by atoms with Crippen LogP contribution in [0.2, 0.25) is 0 Å². The normalized spacial score (nSPS) is 10.2. The maximum Gasteiger partial charge on any atom is 0.124 e. The Labute approximate surface area is 76.6 Å². The highest BCUT2D eigenvalue weighted by Crippen LogP contribution is 2.18. The van der Waals surface area contributed by atoms with Gasteiger partial charge in [0.25, 0.3) is 0 Å². The number of nitrogen functional groups attached to an aromatic ring is 1. The van der Waals surface area contributed by atoms with Crippen LogP contribution in [0.5, 0.6) is 0 Å². The van der Waals surface area contributed by atoms with Gasteiger partial charge in [-0.25, -0.2) is 4.98 Å². The van der Waals surface area contributed by atoms with Gasteiger partial charge in [0.05, 0.1) is 5.52 Å². The third kappa shape index (κ3) is 1.40. The van der Waals surface area contributed by atoms with Crippen molar-refractivity contribution in [1.29, 1.82) is 0 Å². The molecular formula is C10H10N3. The monoisotopic (exact) mass is 172 g/mol. The number of pyridine rings is 1. The van der Waals surface area contributed by atoms with Gasteiger partial charge in [-0.05, 0) is 24.3 Å². The van der Waals surface area contributed by atoms with E-state index in [1.807, 2.05) is 24.3 Å². The van der Waals surface area contributed by atoms with Crippen LogP contribution in [0.4, 0.5) is 11.5 Å². The minimum Gasteiger partial charge on any atom is -0.384 e. The standard InChI is InChI=1S/C10H10N3/c1-12-8-4-2-7-3-5-10(11)13-9(7)6-8/h2-6,12H,1H2,(H2,11,13). The Bertz CT molecular complexity index is 437. The number of nitrogens with one attached hydrogen (secondary N) is 1. The molecule has 0 fully saturated rings. The minimum absolute atomic E-state index is 0.536. The van der Waals surface area contributed by atoms with Crippen molar-refractivity contribution in [3.05, 3.63) is 37.4 Å². The molecule has 0 saturated carbocycles. The number of fused-ring (bicyclic) bond motifs is 1. The number of hydrogen-bond acceptors (Lipinski definition) is 3. The second kappa shape index (κ2) is 2.94. The summed E-state index contributed by atoms with van der Waals surface area (Å²) < 4.78 is 0. The summed E-state index contributed by atoms with van der Waals surface area (Å²) in [5.74, 6) is 0.536. The molecule has 0 saturated heterocycles. The molecule has 1 aromatic heterocycles. The molecule has 2 aromatic rings. The number of anilines is 2. The van der Waals surface area contributed by atoms with E-state index in [1.165, 1.54) is 0 Å². The maximum atomic E-state index is 5.57. The van der Waals surface area contributed by atoms with Gasteiger partial charge >= 0.3 is 0 Å². The first kappa shape index (κ1) is 7.86. The Morgan fingerprint density at radius 2 is 2.00 bits per heavy atom. The summed E-state index contributed by atoms with van der Waals surface area (Å²) >= 11 is 0. The summed E-state index contributed by atoms with van der Waals surface area (Å²) in [7, 11) is 3.58. The van der Waals surface area contributed by atoms with Gasteiger partial charge in [-0.15, -0.1) is 0 Å². The number of hydrogen-bond donors (Lipinski definition) is 2. The van der Waals surface area contributed by atoms with Crippen molar-refractivity contribution >= 4 is 22.4 Å². The first-order valence-electron chi connectivity index (χ1n) is 3.99. The van der Waals surface area contributed by atoms with Crippen molar-refractivity contribution in [1.82, 2.24) is 4.98 Å². The van der Waals surface area contributed by atoms with Crippen LogP contribution in [0.15, 0.2) is 30.3 Å². The van der Waals surface area contributed by atoms with E-state index >= 15 is 0 Å². The quantitative estimate of drug-likeness (QED) is 0.691. The predicted molar refractivity (Wildman–Crippen MR) is 55.1 cm³/mol. The number of rotatable bonds is 1. The van der Waals surface area contributed by atoms with Crippen LogP contribution in [0.25, 0.3) is 10.9 Å². The molecule has 0 unspecified atom stereocenters. The predicted octanol–water partition coefficient (Wildman–Crippen LogP) is 2.02. The fourth-order valence-corrected chi connectivity index (χ4v) is 1.24. The summed E-state index contributed by atoms with van der Waals surface area (Å²) in [4.78, 5) is 4.19. The molecule has 3 heteroatoms. The van der Waals surface area contributed by atoms with E-state index in [2.05, 4.69) is 17.3 Å². The Balaban J connectivity index is 2.68. The van der Waals surface area contributed by atoms with Gasteiger partial charge in [0.1, 0.15) is 5.82 Å². The summed E-state index contributed by atoms with van der Waals surface area (Å²) in [6.07, 6.45) is 0. The van der Waals surface area contributed by atoms with Crippen molar-refractivity contribution in [3.63, 3.8) is 0 Å². The molecule has 13 heavy (non-hydrogen) atoms. The summed E-state index contributed by atoms with van der Waals surface area (Å²) in [6, 6.07) is 9.59. The first-order valence-corrected chi connectivity index (χ1v) is 3.99. The molecule has 0 atom stereocenters. The molecule has 0 bridgehead atoms. The highest BCUT2D eigenvalue weighted by Gasteiger charge is 1.96. The molecule has 3 nitrogen and oxygen atoms in total. The van der Waals surface area contributed by atoms with Crippen molar-refractivity contribution in [2.24, 2.45) is 0 Å². The first-order chi connectivity index (χ1) is 6.29. The Morgan fingerprint density at radius 3 is 2.77 bits per heavy atom. The molecule has 2 rings (SSSR count). The van der Waals surface area contributed by atoms with Crippen LogP contribution >= 0.6 is 0 Å². The smallest absolute Gasteiger partial charge is 0.124 e. The SMILES string of the molecule is [CH2]Nc1ccc2ccc(N)nc2c1. The molecule has 0 aliphatic heterocycles. The van der Waals surface area contributed by atoms with Gasteiger partial charge in [0.15, 0.2) is 0 Å². The molecule has 1 heterocycles. The van der Waals surface area contributed by atoms with E-state index in [0.717, 1.165) is 16.6 Å². The van der Waals surface area contributed by atoms with Gasteiger partial charge in [-0.3, -0.25) is 0 Å². The molecular weight excluding hydrogens is 162 g/mol. The number of nitrogens with two attached hydrogens (primary N) is 1. The molecule has 0 amide bonds. The average Bonchev–Trinajstić information content (AvgIpc) is 2.16. The lowest BCUT2D eigenvalue weighted by Crippen LogP contribution is -1.90. The van der Waals surface area contributed by atoms with E-state index in [-0.39, 0.29) is 0 Å². The average molecular weight is 172 g/mol. The van der Waals surface area contributed by atoms with Crippen LogP contribution in [0.1, 0.15) is 0 Å². The summed E-state index contributed by atoms with van der Waals surface area (Å²) in [5.41, 5.74) is 7.39. The van der Waals surface area contributed by atoms with Gasteiger partial charge in [0, 0.05) is 18.1 Å². The van der Waals surface area contributed by atoms with Crippen LogP contribution in [0, 0.1) is 7.05 Å². The largest absolute Gasteiger partial charge is 0.384 e. The van der Waals surface area contributed by atoms with Gasteiger partial charge in [0.2, 0.25) is 0 Å². The fourth-order valence-electron chi connectivity index (χ4n) is 1.24. The number of nitrogens with zero attached hydrogens (tertiary/aromatic N) is 1. The van der Waals surface area contributed by atoms with Gasteiger partial charge in [-0.1, -0.05) is 6.07 Å². The van der Waals surface area contributed by atoms with Crippen LogP contribution < -0.4 is 11.1 Å². The lowest BCUT2D eigenvalue weighted by molar-refractivity contribution is 1.41. The van der Waals surface area contributed by atoms with Crippen LogP contribution in [-0.2, 0) is 0 Å². The van der Waals surface area contributed by atoms with Crippen LogP contribution in [0.3, 0.4) is 0 Å². The molecule has 3 N–H and O–H groups in total. The second-order valence-electron chi connectivity index (χ2n) is 2.82. The molecule has 0 spiro atoms. The molecule has 0 aliphatic rings. The highest BCUT2D eigenvalue weighted by atomic mass is 14.8. The summed E-state index contributed by atoms with van der Waals surface area (Å²) in [5, 5.41) is 3.88. The Morgan fingerprint density at radius 1 is 1.23 bits per heavy atom. The number of benzene rings is 1. The third-order valence-corrected chi connectivity index (χ3v) is 1.92. The van der Waals surface area contributed by atoms with E-state index in [4.69, 9.17) is 5.73 Å². The third-order valence-electron chi connectivity index (χ3n) is 1.92. The Hall–Kier alpha value is -1.77. The van der Waals surface area contributed by atoms with E-state index in [9.17, 15) is 0 Å². The highest BCUT2D eigenvalue weighted by molar-refractivity contribution is 5.83. The van der Waals surface area contributed by atoms with Crippen molar-refractivity contribution in [3.8, 4) is 0 Å². The maximum absolute atomic E-state index is 5.57. The summed E-state index contributed by atoms with van der Waals surface area (Å²) in [6.45, 7) is 0. The van der Waals surface area contributed by atoms with E-state index in [0.29, 0.717) is 5.82 Å². The second-order valence-corrected chi connectivity index (χ2v) is 2.82. The topological polar surface area (TPSA) is 50.9 Å². The molecule has 1 aromatic carbocycles. The van der Waals surface area contributed by atoms with Crippen molar-refractivity contribution in [2.45, 2.75) is 0 Å². The zero-order valence-corrected chi connectivity index (χ0v) is 7.12. The van der Waals surface area contributed by atoms with Crippen molar-refractivity contribution in [2.75, 3.05) is 11.1 Å². The van der Waals surface area contributed by atoms with Crippen LogP contribution in [-0.4, -0.2) is 4.98 Å². The van der Waals surface area contributed by atoms with Crippen molar-refractivity contribution < 1.29 is 0 Å². The lowest BCUT2D eigenvalue weighted by Gasteiger charge is -2.02. The minimum atomic E-state index is 0.536. The van der Waals surface area contributed by atoms with E-state index < -0.39 is 0 Å². The zero-order chi connectivity index (χ0) is 9.26. The van der Waals surface area contributed by atoms with Gasteiger partial charge in [-0.2, -0.15) is 0 Å². The molecule has 65 valence electrons. The zero-order valence-electron chi connectivity index (χ0n) is 7.12. The van der Waals surface area contributed by atoms with Gasteiger partial charge < -0.3 is 11.1 Å². The Kier molecular flexibility index (Phi) is 1.77. The molecule has 1 radical (unpaired) electrons. The fraction of sp³-hybridized carbons (Fsp3) is 0. The molecule has 0 aliphatic carbocycles. The van der Waals surface area contributed by atoms with E-state index in [1.54, 1.807) is 6.07 Å².